The second kappa shape index (κ2) is 6.99. The summed E-state index contributed by atoms with van der Waals surface area (Å²) < 4.78 is 13.3. The fourth-order valence-corrected chi connectivity index (χ4v) is 3.25. The molecule has 0 spiro atoms. The summed E-state index contributed by atoms with van der Waals surface area (Å²) in [4.78, 5) is 10.8. The largest absolute Gasteiger partial charge is 0.269 e. The monoisotopic (exact) mass is 361 g/mol. The highest BCUT2D eigenvalue weighted by Crippen LogP contribution is 2.37. The molecule has 0 bridgehead atoms. The van der Waals surface area contributed by atoms with E-state index in [2.05, 4.69) is 0 Å². The van der Waals surface area contributed by atoms with Gasteiger partial charge < -0.3 is 0 Å². The smallest absolute Gasteiger partial charge is 0.258 e. The van der Waals surface area contributed by atoms with Gasteiger partial charge >= 0.3 is 0 Å². The first-order valence-corrected chi connectivity index (χ1v) is 8.54. The number of benzene rings is 3. The van der Waals surface area contributed by atoms with Gasteiger partial charge in [0.25, 0.3) is 5.69 Å². The summed E-state index contributed by atoms with van der Waals surface area (Å²) in [7, 11) is 0. The van der Waals surface area contributed by atoms with Gasteiger partial charge in [-0.2, -0.15) is 5.10 Å². The molecule has 0 aliphatic carbocycles. The van der Waals surface area contributed by atoms with E-state index in [-0.39, 0.29) is 17.5 Å². The summed E-state index contributed by atoms with van der Waals surface area (Å²) in [5.41, 5.74) is 3.41. The quantitative estimate of drug-likeness (QED) is 0.480. The minimum absolute atomic E-state index is 0.0516. The van der Waals surface area contributed by atoms with Crippen LogP contribution < -0.4 is 5.01 Å². The Morgan fingerprint density at radius 3 is 2.44 bits per heavy atom. The SMILES string of the molecule is O=[N+]([O-])c1cccc([C@H]2CC(c3ccc(F)cc3)=NN2c2ccccc2)c1. The van der Waals surface area contributed by atoms with E-state index in [0.29, 0.717) is 6.42 Å². The number of hydrazone groups is 1. The molecular formula is C21H16FN3O2. The van der Waals surface area contributed by atoms with E-state index < -0.39 is 4.92 Å². The highest BCUT2D eigenvalue weighted by Gasteiger charge is 2.30. The minimum Gasteiger partial charge on any atom is -0.258 e. The summed E-state index contributed by atoms with van der Waals surface area (Å²) >= 11 is 0. The van der Waals surface area contributed by atoms with E-state index in [0.717, 1.165) is 22.5 Å². The minimum atomic E-state index is -0.396. The number of halogens is 1. The Bertz CT molecular complexity index is 1000. The number of non-ortho nitro benzene ring substituents is 1. The molecule has 0 saturated carbocycles. The molecule has 1 atom stereocenters. The normalized spacial score (nSPS) is 16.3. The van der Waals surface area contributed by atoms with Gasteiger partial charge in [-0.15, -0.1) is 0 Å². The first-order valence-electron chi connectivity index (χ1n) is 8.54. The van der Waals surface area contributed by atoms with E-state index >= 15 is 0 Å². The van der Waals surface area contributed by atoms with Crippen molar-refractivity contribution < 1.29 is 9.31 Å². The van der Waals surface area contributed by atoms with E-state index in [4.69, 9.17) is 5.10 Å². The van der Waals surface area contributed by atoms with E-state index in [1.807, 2.05) is 41.4 Å². The summed E-state index contributed by atoms with van der Waals surface area (Å²) in [6.07, 6.45) is 0.571. The number of para-hydroxylation sites is 1. The number of hydrogen-bond acceptors (Lipinski definition) is 4. The van der Waals surface area contributed by atoms with Gasteiger partial charge in [-0.3, -0.25) is 15.1 Å². The molecule has 0 radical (unpaired) electrons. The lowest BCUT2D eigenvalue weighted by atomic mass is 9.98. The predicted molar refractivity (Wildman–Crippen MR) is 102 cm³/mol. The van der Waals surface area contributed by atoms with Crippen molar-refractivity contribution in [1.29, 1.82) is 0 Å². The molecule has 0 fully saturated rings. The molecule has 5 nitrogen and oxygen atoms in total. The van der Waals surface area contributed by atoms with Gasteiger partial charge in [-0.05, 0) is 35.4 Å². The average molecular weight is 361 g/mol. The van der Waals surface area contributed by atoms with Gasteiger partial charge in [-0.25, -0.2) is 4.39 Å². The molecule has 0 amide bonds. The molecule has 0 unspecified atom stereocenters. The van der Waals surface area contributed by atoms with E-state index in [1.54, 1.807) is 24.3 Å². The Hall–Kier alpha value is -3.54. The van der Waals surface area contributed by atoms with Gasteiger partial charge in [0.2, 0.25) is 0 Å². The van der Waals surface area contributed by atoms with Gasteiger partial charge in [-0.1, -0.05) is 42.5 Å². The molecular weight excluding hydrogens is 345 g/mol. The number of nitrogens with zero attached hydrogens (tertiary/aromatic N) is 3. The molecule has 27 heavy (non-hydrogen) atoms. The van der Waals surface area contributed by atoms with Crippen LogP contribution >= 0.6 is 0 Å². The Morgan fingerprint density at radius 2 is 1.74 bits per heavy atom. The molecule has 0 N–H and O–H groups in total. The lowest BCUT2D eigenvalue weighted by molar-refractivity contribution is -0.384. The van der Waals surface area contributed by atoms with Crippen molar-refractivity contribution in [1.82, 2.24) is 0 Å². The molecule has 3 aromatic carbocycles. The number of nitro benzene ring substituents is 1. The van der Waals surface area contributed by atoms with Crippen LogP contribution in [0.3, 0.4) is 0 Å². The molecule has 1 heterocycles. The molecule has 0 saturated heterocycles. The fraction of sp³-hybridized carbons (Fsp3) is 0.0952. The van der Waals surface area contributed by atoms with Gasteiger partial charge in [0.1, 0.15) is 5.82 Å². The van der Waals surface area contributed by atoms with Crippen LogP contribution in [0.25, 0.3) is 0 Å². The lowest BCUT2D eigenvalue weighted by Gasteiger charge is -2.23. The van der Waals surface area contributed by atoms with Crippen LogP contribution in [0.15, 0.2) is 84.0 Å². The van der Waals surface area contributed by atoms with Crippen molar-refractivity contribution in [2.24, 2.45) is 5.10 Å². The van der Waals surface area contributed by atoms with Crippen molar-refractivity contribution in [3.63, 3.8) is 0 Å². The molecule has 1 aliphatic heterocycles. The molecule has 4 rings (SSSR count). The second-order valence-corrected chi connectivity index (χ2v) is 6.31. The summed E-state index contributed by atoms with van der Waals surface area (Å²) in [5.74, 6) is -0.299. The third-order valence-corrected chi connectivity index (χ3v) is 4.57. The van der Waals surface area contributed by atoms with Crippen LogP contribution in [0.5, 0.6) is 0 Å². The van der Waals surface area contributed by atoms with Crippen LogP contribution in [0.2, 0.25) is 0 Å². The summed E-state index contributed by atoms with van der Waals surface area (Å²) in [5, 5.41) is 17.8. The van der Waals surface area contributed by atoms with E-state index in [9.17, 15) is 14.5 Å². The molecule has 0 aromatic heterocycles. The van der Waals surface area contributed by atoms with Crippen LogP contribution in [0.1, 0.15) is 23.6 Å². The summed E-state index contributed by atoms with van der Waals surface area (Å²) in [6, 6.07) is 22.3. The topological polar surface area (TPSA) is 58.7 Å². The first-order chi connectivity index (χ1) is 13.1. The first kappa shape index (κ1) is 16.9. The van der Waals surface area contributed by atoms with Gasteiger partial charge in [0.15, 0.2) is 0 Å². The standard InChI is InChI=1S/C21H16FN3O2/c22-17-11-9-15(10-12-17)20-14-21(16-5-4-8-19(13-16)25(26)27)24(23-20)18-6-2-1-3-7-18/h1-13,21H,14H2/t21-/m1/s1. The summed E-state index contributed by atoms with van der Waals surface area (Å²) in [6.45, 7) is 0. The average Bonchev–Trinajstić information content (AvgIpc) is 3.15. The van der Waals surface area contributed by atoms with Gasteiger partial charge in [0.05, 0.1) is 22.4 Å². The maximum absolute atomic E-state index is 13.3. The number of rotatable bonds is 4. The third kappa shape index (κ3) is 3.42. The predicted octanol–water partition coefficient (Wildman–Crippen LogP) is 5.09. The lowest BCUT2D eigenvalue weighted by Crippen LogP contribution is -2.18. The zero-order valence-corrected chi connectivity index (χ0v) is 14.3. The Labute approximate surface area is 155 Å². The van der Waals surface area contributed by atoms with Crippen molar-refractivity contribution >= 4 is 17.1 Å². The zero-order chi connectivity index (χ0) is 18.8. The Kier molecular flexibility index (Phi) is 4.38. The van der Waals surface area contributed by atoms with E-state index in [1.165, 1.54) is 18.2 Å². The van der Waals surface area contributed by atoms with Gasteiger partial charge in [0, 0.05) is 18.6 Å². The molecule has 134 valence electrons. The van der Waals surface area contributed by atoms with Crippen molar-refractivity contribution in [2.75, 3.05) is 5.01 Å². The number of anilines is 1. The molecule has 1 aliphatic rings. The van der Waals surface area contributed by atoms with Crippen LogP contribution in [-0.4, -0.2) is 10.6 Å². The molecule has 6 heteroatoms. The highest BCUT2D eigenvalue weighted by molar-refractivity contribution is 6.03. The van der Waals surface area contributed by atoms with Crippen LogP contribution in [0, 0.1) is 15.9 Å². The third-order valence-electron chi connectivity index (χ3n) is 4.57. The van der Waals surface area contributed by atoms with Crippen molar-refractivity contribution in [2.45, 2.75) is 12.5 Å². The maximum atomic E-state index is 13.3. The van der Waals surface area contributed by atoms with Crippen molar-refractivity contribution in [3.8, 4) is 0 Å². The number of nitro groups is 1. The second-order valence-electron chi connectivity index (χ2n) is 6.31. The van der Waals surface area contributed by atoms with Crippen LogP contribution in [0.4, 0.5) is 15.8 Å². The van der Waals surface area contributed by atoms with Crippen LogP contribution in [-0.2, 0) is 0 Å². The van der Waals surface area contributed by atoms with Crippen molar-refractivity contribution in [3.05, 3.63) is 106 Å². The molecule has 3 aromatic rings. The Morgan fingerprint density at radius 1 is 1.00 bits per heavy atom. The Balaban J connectivity index is 1.75. The zero-order valence-electron chi connectivity index (χ0n) is 14.3. The maximum Gasteiger partial charge on any atom is 0.269 e. The fourth-order valence-electron chi connectivity index (χ4n) is 3.25. The highest BCUT2D eigenvalue weighted by atomic mass is 19.1. The number of hydrogen-bond donors (Lipinski definition) is 0.